The number of rotatable bonds is 5. The van der Waals surface area contributed by atoms with Crippen LogP contribution in [0.4, 0.5) is 0 Å². The summed E-state index contributed by atoms with van der Waals surface area (Å²) in [6.07, 6.45) is 0.920. The van der Waals surface area contributed by atoms with Gasteiger partial charge in [0.2, 0.25) is 0 Å². The van der Waals surface area contributed by atoms with Crippen molar-refractivity contribution in [3.63, 3.8) is 0 Å². The van der Waals surface area contributed by atoms with Crippen LogP contribution in [0.1, 0.15) is 33.9 Å². The first-order chi connectivity index (χ1) is 10.1. The standard InChI is InChI=1S/C19H25NO/c1-13-10-15(3)17(11-14(13)2)18(20-4)12-16-8-6-7-9-19(16)21-5/h6-11,18,20H,12H2,1-5H3. The van der Waals surface area contributed by atoms with Crippen LogP contribution in [0.2, 0.25) is 0 Å². The van der Waals surface area contributed by atoms with Crippen LogP contribution in [0.25, 0.3) is 0 Å². The maximum absolute atomic E-state index is 5.47. The lowest BCUT2D eigenvalue weighted by molar-refractivity contribution is 0.406. The molecule has 0 amide bonds. The number of para-hydroxylation sites is 1. The fourth-order valence-corrected chi connectivity index (χ4v) is 2.82. The van der Waals surface area contributed by atoms with E-state index in [0.717, 1.165) is 12.2 Å². The molecule has 2 aromatic carbocycles. The van der Waals surface area contributed by atoms with Gasteiger partial charge in [0.1, 0.15) is 5.75 Å². The summed E-state index contributed by atoms with van der Waals surface area (Å²) in [5.74, 6) is 0.958. The SMILES string of the molecule is CNC(Cc1ccccc1OC)c1cc(C)c(C)cc1C. The van der Waals surface area contributed by atoms with Gasteiger partial charge in [0.25, 0.3) is 0 Å². The predicted octanol–water partition coefficient (Wildman–Crippen LogP) is 4.12. The fraction of sp³-hybridized carbons (Fsp3) is 0.368. The normalized spacial score (nSPS) is 12.2. The summed E-state index contributed by atoms with van der Waals surface area (Å²) in [5, 5.41) is 3.45. The molecule has 0 aliphatic carbocycles. The summed E-state index contributed by atoms with van der Waals surface area (Å²) in [5.41, 5.74) is 6.63. The van der Waals surface area contributed by atoms with E-state index in [0.29, 0.717) is 6.04 Å². The van der Waals surface area contributed by atoms with E-state index in [1.807, 2.05) is 19.2 Å². The Morgan fingerprint density at radius 1 is 1.00 bits per heavy atom. The first-order valence-corrected chi connectivity index (χ1v) is 7.43. The molecule has 0 aliphatic heterocycles. The van der Waals surface area contributed by atoms with Crippen LogP contribution in [0.3, 0.4) is 0 Å². The molecule has 0 fully saturated rings. The number of ether oxygens (including phenoxy) is 1. The lowest BCUT2D eigenvalue weighted by Gasteiger charge is -2.21. The third-order valence-corrected chi connectivity index (χ3v) is 4.22. The van der Waals surface area contributed by atoms with Gasteiger partial charge < -0.3 is 10.1 Å². The molecular weight excluding hydrogens is 258 g/mol. The zero-order chi connectivity index (χ0) is 15.4. The summed E-state index contributed by atoms with van der Waals surface area (Å²) in [7, 11) is 3.75. The average molecular weight is 283 g/mol. The maximum atomic E-state index is 5.47. The molecule has 0 saturated carbocycles. The number of hydrogen-bond donors (Lipinski definition) is 1. The van der Waals surface area contributed by atoms with Crippen molar-refractivity contribution < 1.29 is 4.74 Å². The average Bonchev–Trinajstić information content (AvgIpc) is 2.49. The molecule has 2 nitrogen and oxygen atoms in total. The summed E-state index contributed by atoms with van der Waals surface area (Å²) in [6.45, 7) is 6.53. The second kappa shape index (κ2) is 6.77. The third-order valence-electron chi connectivity index (χ3n) is 4.22. The monoisotopic (exact) mass is 283 g/mol. The second-order valence-corrected chi connectivity index (χ2v) is 5.65. The number of hydrogen-bond acceptors (Lipinski definition) is 2. The highest BCUT2D eigenvalue weighted by Crippen LogP contribution is 2.28. The molecule has 0 aromatic heterocycles. The fourth-order valence-electron chi connectivity index (χ4n) is 2.82. The zero-order valence-electron chi connectivity index (χ0n) is 13.7. The number of nitrogens with one attached hydrogen (secondary N) is 1. The quantitative estimate of drug-likeness (QED) is 0.891. The molecule has 0 bridgehead atoms. The molecule has 112 valence electrons. The van der Waals surface area contributed by atoms with Gasteiger partial charge in [-0.05, 0) is 68.1 Å². The molecule has 0 spiro atoms. The maximum Gasteiger partial charge on any atom is 0.122 e. The highest BCUT2D eigenvalue weighted by Gasteiger charge is 2.15. The minimum atomic E-state index is 0.292. The van der Waals surface area contributed by atoms with Gasteiger partial charge in [-0.15, -0.1) is 0 Å². The summed E-state index contributed by atoms with van der Waals surface area (Å²) < 4.78 is 5.47. The number of aryl methyl sites for hydroxylation is 3. The highest BCUT2D eigenvalue weighted by molar-refractivity contribution is 5.40. The molecule has 0 aliphatic rings. The van der Waals surface area contributed by atoms with E-state index in [4.69, 9.17) is 4.74 Å². The van der Waals surface area contributed by atoms with Crippen molar-refractivity contribution in [3.05, 3.63) is 64.2 Å². The molecule has 1 unspecified atom stereocenters. The predicted molar refractivity (Wildman–Crippen MR) is 89.2 cm³/mol. The second-order valence-electron chi connectivity index (χ2n) is 5.65. The molecule has 1 N–H and O–H groups in total. The molecule has 21 heavy (non-hydrogen) atoms. The first-order valence-electron chi connectivity index (χ1n) is 7.43. The molecule has 1 atom stereocenters. The summed E-state index contributed by atoms with van der Waals surface area (Å²) in [6, 6.07) is 13.1. The van der Waals surface area contributed by atoms with Crippen molar-refractivity contribution in [2.75, 3.05) is 14.2 Å². The first kappa shape index (κ1) is 15.6. The molecule has 2 aromatic rings. The van der Waals surface area contributed by atoms with Gasteiger partial charge in [0.15, 0.2) is 0 Å². The van der Waals surface area contributed by atoms with E-state index in [1.165, 1.54) is 27.8 Å². The zero-order valence-corrected chi connectivity index (χ0v) is 13.7. The van der Waals surface area contributed by atoms with E-state index >= 15 is 0 Å². The van der Waals surface area contributed by atoms with E-state index in [9.17, 15) is 0 Å². The van der Waals surface area contributed by atoms with Crippen molar-refractivity contribution in [1.29, 1.82) is 0 Å². The van der Waals surface area contributed by atoms with Gasteiger partial charge in [0, 0.05) is 6.04 Å². The molecular formula is C19H25NO. The Labute approximate surface area is 128 Å². The van der Waals surface area contributed by atoms with Crippen LogP contribution in [0.5, 0.6) is 5.75 Å². The summed E-state index contributed by atoms with van der Waals surface area (Å²) >= 11 is 0. The van der Waals surface area contributed by atoms with E-state index < -0.39 is 0 Å². The summed E-state index contributed by atoms with van der Waals surface area (Å²) in [4.78, 5) is 0. The molecule has 0 heterocycles. The number of likely N-dealkylation sites (N-methyl/N-ethyl adjacent to an activating group) is 1. The number of methoxy groups -OCH3 is 1. The lowest BCUT2D eigenvalue weighted by atomic mass is 9.92. The minimum Gasteiger partial charge on any atom is -0.496 e. The minimum absolute atomic E-state index is 0.292. The van der Waals surface area contributed by atoms with Crippen LogP contribution in [-0.4, -0.2) is 14.2 Å². The highest BCUT2D eigenvalue weighted by atomic mass is 16.5. The Hall–Kier alpha value is -1.80. The van der Waals surface area contributed by atoms with Crippen LogP contribution < -0.4 is 10.1 Å². The van der Waals surface area contributed by atoms with Crippen molar-refractivity contribution in [3.8, 4) is 5.75 Å². The molecule has 2 rings (SSSR count). The van der Waals surface area contributed by atoms with Gasteiger partial charge in [-0.3, -0.25) is 0 Å². The number of benzene rings is 2. The lowest BCUT2D eigenvalue weighted by Crippen LogP contribution is -2.20. The van der Waals surface area contributed by atoms with E-state index in [-0.39, 0.29) is 0 Å². The smallest absolute Gasteiger partial charge is 0.122 e. The van der Waals surface area contributed by atoms with Gasteiger partial charge in [0.05, 0.1) is 7.11 Å². The van der Waals surface area contributed by atoms with Crippen molar-refractivity contribution in [1.82, 2.24) is 5.32 Å². The largest absolute Gasteiger partial charge is 0.496 e. The molecule has 0 radical (unpaired) electrons. The van der Waals surface area contributed by atoms with Crippen molar-refractivity contribution in [2.24, 2.45) is 0 Å². The van der Waals surface area contributed by atoms with Gasteiger partial charge in [-0.25, -0.2) is 0 Å². The van der Waals surface area contributed by atoms with E-state index in [1.54, 1.807) is 7.11 Å². The topological polar surface area (TPSA) is 21.3 Å². The van der Waals surface area contributed by atoms with Crippen LogP contribution in [0, 0.1) is 20.8 Å². The van der Waals surface area contributed by atoms with Crippen LogP contribution in [0.15, 0.2) is 36.4 Å². The van der Waals surface area contributed by atoms with Crippen LogP contribution >= 0.6 is 0 Å². The van der Waals surface area contributed by atoms with Gasteiger partial charge in [-0.1, -0.05) is 30.3 Å². The Kier molecular flexibility index (Phi) is 5.03. The molecule has 0 saturated heterocycles. The Morgan fingerprint density at radius 3 is 2.33 bits per heavy atom. The van der Waals surface area contributed by atoms with Crippen LogP contribution in [-0.2, 0) is 6.42 Å². The Balaban J connectivity index is 2.34. The third kappa shape index (κ3) is 3.45. The van der Waals surface area contributed by atoms with Gasteiger partial charge >= 0.3 is 0 Å². The molecule has 2 heteroatoms. The Morgan fingerprint density at radius 2 is 1.67 bits per heavy atom. The van der Waals surface area contributed by atoms with Gasteiger partial charge in [-0.2, -0.15) is 0 Å². The van der Waals surface area contributed by atoms with Crippen molar-refractivity contribution in [2.45, 2.75) is 33.2 Å². The van der Waals surface area contributed by atoms with Crippen molar-refractivity contribution >= 4 is 0 Å². The van der Waals surface area contributed by atoms with E-state index in [2.05, 4.69) is 50.4 Å². The Bertz CT molecular complexity index is 619.